The highest BCUT2D eigenvalue weighted by molar-refractivity contribution is 5.81. The molecule has 1 aromatic carbocycles. The van der Waals surface area contributed by atoms with E-state index in [9.17, 15) is 4.79 Å². The second kappa shape index (κ2) is 7.63. The van der Waals surface area contributed by atoms with Crippen LogP contribution in [0.1, 0.15) is 24.3 Å². The van der Waals surface area contributed by atoms with E-state index >= 15 is 0 Å². The summed E-state index contributed by atoms with van der Waals surface area (Å²) in [4.78, 5) is 22.1. The van der Waals surface area contributed by atoms with E-state index in [2.05, 4.69) is 32.1 Å². The molecule has 7 nitrogen and oxygen atoms in total. The number of hydrogen-bond acceptors (Lipinski definition) is 6. The van der Waals surface area contributed by atoms with Crippen LogP contribution in [-0.4, -0.2) is 52.3 Å². The van der Waals surface area contributed by atoms with Crippen molar-refractivity contribution in [1.82, 2.24) is 19.6 Å². The number of piperazine rings is 1. The van der Waals surface area contributed by atoms with Crippen molar-refractivity contribution >= 4 is 16.6 Å². The summed E-state index contributed by atoms with van der Waals surface area (Å²) in [5, 5.41) is 4.67. The molecule has 0 N–H and O–H groups in total. The molecule has 1 saturated carbocycles. The van der Waals surface area contributed by atoms with E-state index in [0.29, 0.717) is 5.92 Å². The number of fused-ring (bicyclic) bond motifs is 1. The molecule has 2 aliphatic rings. The van der Waals surface area contributed by atoms with Crippen LogP contribution in [0.15, 0.2) is 39.9 Å². The Bertz CT molecular complexity index is 1060. The number of aromatic nitrogens is 3. The molecule has 152 valence electrons. The van der Waals surface area contributed by atoms with Gasteiger partial charge in [0.2, 0.25) is 0 Å². The fourth-order valence-electron chi connectivity index (χ4n) is 4.08. The number of nitrogens with zero attached hydrogens (tertiary/aromatic N) is 5. The molecule has 7 heteroatoms. The molecule has 0 spiro atoms. The summed E-state index contributed by atoms with van der Waals surface area (Å²) >= 11 is 0. The van der Waals surface area contributed by atoms with Gasteiger partial charge in [-0.25, -0.2) is 4.98 Å². The summed E-state index contributed by atoms with van der Waals surface area (Å²) in [7, 11) is 0. The third kappa shape index (κ3) is 4.05. The molecular formula is C22H27N5O2. The van der Waals surface area contributed by atoms with Crippen molar-refractivity contribution in [3.05, 3.63) is 52.4 Å². The molecule has 3 heterocycles. The van der Waals surface area contributed by atoms with Gasteiger partial charge in [0.25, 0.3) is 5.56 Å². The first kappa shape index (κ1) is 18.4. The van der Waals surface area contributed by atoms with Crippen LogP contribution in [0.25, 0.3) is 10.9 Å². The van der Waals surface area contributed by atoms with Crippen molar-refractivity contribution in [2.24, 2.45) is 5.92 Å². The van der Waals surface area contributed by atoms with E-state index in [4.69, 9.17) is 4.52 Å². The summed E-state index contributed by atoms with van der Waals surface area (Å²) in [6, 6.07) is 8.09. The van der Waals surface area contributed by atoms with E-state index < -0.39 is 0 Å². The van der Waals surface area contributed by atoms with E-state index in [1.807, 2.05) is 19.1 Å². The molecule has 2 fully saturated rings. The van der Waals surface area contributed by atoms with E-state index in [0.717, 1.165) is 73.7 Å². The van der Waals surface area contributed by atoms with Crippen molar-refractivity contribution in [2.45, 2.75) is 32.7 Å². The Balaban J connectivity index is 1.22. The van der Waals surface area contributed by atoms with Crippen LogP contribution >= 0.6 is 0 Å². The Kier molecular flexibility index (Phi) is 4.83. The lowest BCUT2D eigenvalue weighted by Crippen LogP contribution is -2.47. The third-order valence-corrected chi connectivity index (χ3v) is 6.05. The van der Waals surface area contributed by atoms with Crippen LogP contribution < -0.4 is 10.5 Å². The molecule has 0 atom stereocenters. The van der Waals surface area contributed by atoms with Crippen LogP contribution in [0.4, 0.5) is 5.69 Å². The van der Waals surface area contributed by atoms with Gasteiger partial charge in [-0.3, -0.25) is 14.3 Å². The number of aryl methyl sites for hydroxylation is 1. The molecule has 0 amide bonds. The monoisotopic (exact) mass is 393 g/mol. The lowest BCUT2D eigenvalue weighted by molar-refractivity contribution is 0.250. The quantitative estimate of drug-likeness (QED) is 0.641. The maximum atomic E-state index is 12.7. The van der Waals surface area contributed by atoms with Crippen LogP contribution in [0.2, 0.25) is 0 Å². The highest BCUT2D eigenvalue weighted by Crippen LogP contribution is 2.30. The topological polar surface area (TPSA) is 67.4 Å². The van der Waals surface area contributed by atoms with Gasteiger partial charge in [0.15, 0.2) is 0 Å². The Morgan fingerprint density at radius 1 is 1.14 bits per heavy atom. The third-order valence-electron chi connectivity index (χ3n) is 6.05. The number of anilines is 1. The molecule has 0 radical (unpaired) electrons. The van der Waals surface area contributed by atoms with Gasteiger partial charge in [-0.1, -0.05) is 5.16 Å². The van der Waals surface area contributed by atoms with Gasteiger partial charge in [0, 0.05) is 57.4 Å². The van der Waals surface area contributed by atoms with Crippen molar-refractivity contribution in [3.63, 3.8) is 0 Å². The Hall–Kier alpha value is -2.67. The predicted molar refractivity (Wildman–Crippen MR) is 112 cm³/mol. The molecule has 1 saturated heterocycles. The van der Waals surface area contributed by atoms with Gasteiger partial charge in [-0.15, -0.1) is 0 Å². The number of rotatable bonds is 6. The summed E-state index contributed by atoms with van der Waals surface area (Å²) in [6.07, 6.45) is 5.07. The summed E-state index contributed by atoms with van der Waals surface area (Å²) < 4.78 is 7.08. The maximum Gasteiger partial charge on any atom is 0.261 e. The van der Waals surface area contributed by atoms with Gasteiger partial charge in [0.05, 0.1) is 22.9 Å². The SMILES string of the molecule is Cc1cc(CCN2CCN(c3ccc4c(=O)n(CC5CC5)cnc4c3)CC2)on1. The minimum atomic E-state index is 0.0842. The van der Waals surface area contributed by atoms with Crippen molar-refractivity contribution in [2.75, 3.05) is 37.6 Å². The normalized spacial score (nSPS) is 17.9. The van der Waals surface area contributed by atoms with Crippen molar-refractivity contribution in [3.8, 4) is 0 Å². The fourth-order valence-corrected chi connectivity index (χ4v) is 4.08. The molecule has 0 bridgehead atoms. The predicted octanol–water partition coefficient (Wildman–Crippen LogP) is 2.47. The molecule has 1 aliphatic carbocycles. The highest BCUT2D eigenvalue weighted by atomic mass is 16.5. The Morgan fingerprint density at radius 3 is 2.69 bits per heavy atom. The average Bonchev–Trinajstić information content (AvgIpc) is 3.47. The zero-order valence-electron chi connectivity index (χ0n) is 16.9. The van der Waals surface area contributed by atoms with E-state index in [1.54, 1.807) is 10.9 Å². The smallest absolute Gasteiger partial charge is 0.261 e. The Labute approximate surface area is 169 Å². The van der Waals surface area contributed by atoms with Gasteiger partial charge < -0.3 is 9.42 Å². The average molecular weight is 393 g/mol. The van der Waals surface area contributed by atoms with Crippen LogP contribution in [0.5, 0.6) is 0 Å². The standard InChI is InChI=1S/C22H27N5O2/c1-16-12-19(29-24-16)6-7-25-8-10-26(11-9-25)18-4-5-20-21(13-18)23-15-27(22(20)28)14-17-2-3-17/h4-5,12-13,15,17H,2-3,6-11,14H2,1H3. The van der Waals surface area contributed by atoms with Gasteiger partial charge in [0.1, 0.15) is 5.76 Å². The minimum absolute atomic E-state index is 0.0842. The lowest BCUT2D eigenvalue weighted by atomic mass is 10.2. The number of hydrogen-bond donors (Lipinski definition) is 0. The van der Waals surface area contributed by atoms with Crippen molar-refractivity contribution in [1.29, 1.82) is 0 Å². The first-order valence-corrected chi connectivity index (χ1v) is 10.5. The minimum Gasteiger partial charge on any atom is -0.369 e. The molecule has 29 heavy (non-hydrogen) atoms. The van der Waals surface area contributed by atoms with Gasteiger partial charge >= 0.3 is 0 Å². The second-order valence-electron chi connectivity index (χ2n) is 8.36. The van der Waals surface area contributed by atoms with E-state index in [-0.39, 0.29) is 5.56 Å². The fraction of sp³-hybridized carbons (Fsp3) is 0.500. The summed E-state index contributed by atoms with van der Waals surface area (Å²) in [6.45, 7) is 7.72. The van der Waals surface area contributed by atoms with Crippen molar-refractivity contribution < 1.29 is 4.52 Å². The summed E-state index contributed by atoms with van der Waals surface area (Å²) in [5.74, 6) is 1.62. The second-order valence-corrected chi connectivity index (χ2v) is 8.36. The molecule has 0 unspecified atom stereocenters. The maximum absolute atomic E-state index is 12.7. The van der Waals surface area contributed by atoms with Gasteiger partial charge in [-0.2, -0.15) is 0 Å². The highest BCUT2D eigenvalue weighted by Gasteiger charge is 2.23. The zero-order chi connectivity index (χ0) is 19.8. The Morgan fingerprint density at radius 2 is 1.97 bits per heavy atom. The van der Waals surface area contributed by atoms with Crippen LogP contribution in [0.3, 0.4) is 0 Å². The first-order valence-electron chi connectivity index (χ1n) is 10.5. The largest absolute Gasteiger partial charge is 0.369 e. The molecule has 3 aromatic rings. The molecule has 1 aliphatic heterocycles. The van der Waals surface area contributed by atoms with E-state index in [1.165, 1.54) is 12.8 Å². The molecule has 2 aromatic heterocycles. The van der Waals surface area contributed by atoms with Crippen LogP contribution in [0, 0.1) is 12.8 Å². The number of benzene rings is 1. The summed E-state index contributed by atoms with van der Waals surface area (Å²) in [5.41, 5.74) is 2.97. The zero-order valence-corrected chi connectivity index (χ0v) is 16.9. The molecular weight excluding hydrogens is 366 g/mol. The first-order chi connectivity index (χ1) is 14.2. The lowest BCUT2D eigenvalue weighted by Gasteiger charge is -2.36. The van der Waals surface area contributed by atoms with Gasteiger partial charge in [-0.05, 0) is 43.9 Å². The molecule has 5 rings (SSSR count). The van der Waals surface area contributed by atoms with Crippen LogP contribution in [-0.2, 0) is 13.0 Å².